The van der Waals surface area contributed by atoms with Crippen LogP contribution in [0.15, 0.2) is 36.5 Å². The van der Waals surface area contributed by atoms with E-state index in [1.54, 1.807) is 6.07 Å². The fourth-order valence-corrected chi connectivity index (χ4v) is 4.82. The van der Waals surface area contributed by atoms with Gasteiger partial charge in [-0.05, 0) is 49.2 Å². The quantitative estimate of drug-likeness (QED) is 0.752. The summed E-state index contributed by atoms with van der Waals surface area (Å²) in [5.74, 6) is 0.474. The number of hydrogen-bond donors (Lipinski definition) is 0. The van der Waals surface area contributed by atoms with E-state index >= 15 is 0 Å². The highest BCUT2D eigenvalue weighted by Crippen LogP contribution is 2.43. The Morgan fingerprint density at radius 3 is 2.70 bits per heavy atom. The van der Waals surface area contributed by atoms with E-state index in [1.165, 1.54) is 12.3 Å². The van der Waals surface area contributed by atoms with Gasteiger partial charge >= 0.3 is 6.03 Å². The first kappa shape index (κ1) is 16.8. The van der Waals surface area contributed by atoms with Crippen LogP contribution in [0.25, 0.3) is 0 Å². The van der Waals surface area contributed by atoms with Crippen molar-refractivity contribution in [2.24, 2.45) is 5.41 Å². The lowest BCUT2D eigenvalue weighted by Gasteiger charge is -2.60. The number of hydrogen-bond acceptors (Lipinski definition) is 3. The van der Waals surface area contributed by atoms with Gasteiger partial charge in [-0.25, -0.2) is 14.2 Å². The summed E-state index contributed by atoms with van der Waals surface area (Å²) in [4.78, 5) is 23.1. The molecule has 0 bridgehead atoms. The number of nitrogens with zero attached hydrogens (tertiary/aromatic N) is 4. The molecule has 140 valence electrons. The van der Waals surface area contributed by atoms with Crippen LogP contribution in [0.5, 0.6) is 0 Å². The third-order valence-electron chi connectivity index (χ3n) is 5.87. The van der Waals surface area contributed by atoms with Crippen LogP contribution in [0, 0.1) is 11.2 Å². The van der Waals surface area contributed by atoms with Crippen molar-refractivity contribution in [1.82, 2.24) is 9.88 Å². The van der Waals surface area contributed by atoms with Crippen LogP contribution in [0.4, 0.5) is 20.7 Å². The summed E-state index contributed by atoms with van der Waals surface area (Å²) < 4.78 is 13.0. The van der Waals surface area contributed by atoms with Crippen LogP contribution in [-0.4, -0.2) is 48.1 Å². The van der Waals surface area contributed by atoms with Gasteiger partial charge in [-0.15, -0.1) is 0 Å². The van der Waals surface area contributed by atoms with Crippen molar-refractivity contribution >= 4 is 29.1 Å². The number of aromatic nitrogens is 1. The SMILES string of the molecule is CC1Cc2cc(Cl)ccc2N1C(=O)N1CC2(C1)CN(c1ccc(F)cn1)C2. The highest BCUT2D eigenvalue weighted by molar-refractivity contribution is 6.30. The molecule has 1 atom stereocenters. The number of benzene rings is 1. The van der Waals surface area contributed by atoms with E-state index in [0.29, 0.717) is 5.02 Å². The summed E-state index contributed by atoms with van der Waals surface area (Å²) in [5, 5.41) is 0.710. The first-order chi connectivity index (χ1) is 12.9. The highest BCUT2D eigenvalue weighted by atomic mass is 35.5. The van der Waals surface area contributed by atoms with E-state index < -0.39 is 0 Å². The van der Waals surface area contributed by atoms with Crippen molar-refractivity contribution in [2.45, 2.75) is 19.4 Å². The Kier molecular flexibility index (Phi) is 3.63. The van der Waals surface area contributed by atoms with Crippen LogP contribution < -0.4 is 9.80 Å². The average molecular weight is 387 g/mol. The van der Waals surface area contributed by atoms with E-state index in [2.05, 4.69) is 16.8 Å². The van der Waals surface area contributed by atoms with Gasteiger partial charge in [0.05, 0.1) is 6.20 Å². The lowest BCUT2D eigenvalue weighted by Crippen LogP contribution is -2.74. The molecule has 5 nitrogen and oxygen atoms in total. The molecule has 1 spiro atoms. The predicted octanol–water partition coefficient (Wildman–Crippen LogP) is 3.57. The third-order valence-corrected chi connectivity index (χ3v) is 6.11. The number of pyridine rings is 1. The fraction of sp³-hybridized carbons (Fsp3) is 0.400. The van der Waals surface area contributed by atoms with Gasteiger partial charge in [0, 0.05) is 48.3 Å². The predicted molar refractivity (Wildman–Crippen MR) is 103 cm³/mol. The van der Waals surface area contributed by atoms with Crippen molar-refractivity contribution in [3.63, 3.8) is 0 Å². The maximum atomic E-state index is 13.1. The summed E-state index contributed by atoms with van der Waals surface area (Å²) in [6.07, 6.45) is 2.08. The average Bonchev–Trinajstić information content (AvgIpc) is 2.88. The molecular weight excluding hydrogens is 367 g/mol. The number of rotatable bonds is 1. The number of anilines is 2. The topological polar surface area (TPSA) is 39.7 Å². The molecule has 0 radical (unpaired) electrons. The Morgan fingerprint density at radius 2 is 2.00 bits per heavy atom. The molecule has 3 aliphatic rings. The number of halogens is 2. The van der Waals surface area contributed by atoms with E-state index in [0.717, 1.165) is 49.7 Å². The number of fused-ring (bicyclic) bond motifs is 1. The zero-order valence-corrected chi connectivity index (χ0v) is 15.8. The number of urea groups is 1. The van der Waals surface area contributed by atoms with E-state index in [4.69, 9.17) is 11.6 Å². The number of carbonyl (C=O) groups excluding carboxylic acids is 1. The molecule has 0 N–H and O–H groups in total. The first-order valence-electron chi connectivity index (χ1n) is 9.17. The van der Waals surface area contributed by atoms with Gasteiger partial charge in [-0.3, -0.25) is 4.90 Å². The normalized spacial score (nSPS) is 22.5. The summed E-state index contributed by atoms with van der Waals surface area (Å²) in [7, 11) is 0. The molecule has 2 fully saturated rings. The summed E-state index contributed by atoms with van der Waals surface area (Å²) in [6.45, 7) is 5.31. The molecule has 2 aromatic rings. The highest BCUT2D eigenvalue weighted by Gasteiger charge is 2.54. The van der Waals surface area contributed by atoms with Crippen molar-refractivity contribution in [2.75, 3.05) is 36.0 Å². The number of carbonyl (C=O) groups is 1. The number of amides is 2. The van der Waals surface area contributed by atoms with Crippen molar-refractivity contribution < 1.29 is 9.18 Å². The summed E-state index contributed by atoms with van der Waals surface area (Å²) in [5.41, 5.74) is 2.26. The van der Waals surface area contributed by atoms with Crippen LogP contribution in [0.1, 0.15) is 12.5 Å². The zero-order valence-electron chi connectivity index (χ0n) is 15.0. The van der Waals surface area contributed by atoms with Crippen LogP contribution in [-0.2, 0) is 6.42 Å². The Hall–Kier alpha value is -2.34. The monoisotopic (exact) mass is 386 g/mol. The second-order valence-electron chi connectivity index (χ2n) is 8.03. The van der Waals surface area contributed by atoms with E-state index in [-0.39, 0.29) is 23.3 Å². The minimum Gasteiger partial charge on any atom is -0.355 e. The Morgan fingerprint density at radius 1 is 1.22 bits per heavy atom. The maximum Gasteiger partial charge on any atom is 0.324 e. The fourth-order valence-electron chi connectivity index (χ4n) is 4.62. The van der Waals surface area contributed by atoms with Gasteiger partial charge in [0.25, 0.3) is 0 Å². The smallest absolute Gasteiger partial charge is 0.324 e. The standard InChI is InChI=1S/C20H20ClFN4O/c1-13-6-14-7-15(21)2-4-17(14)26(13)19(27)25-11-20(12-25)9-24(10-20)18-5-3-16(22)8-23-18/h2-5,7-8,13H,6,9-12H2,1H3. The molecule has 2 saturated heterocycles. The van der Waals surface area contributed by atoms with Gasteiger partial charge in [-0.2, -0.15) is 0 Å². The second kappa shape index (κ2) is 5.83. The molecule has 3 aliphatic heterocycles. The minimum atomic E-state index is -0.323. The second-order valence-corrected chi connectivity index (χ2v) is 8.46. The van der Waals surface area contributed by atoms with Gasteiger partial charge in [0.1, 0.15) is 11.6 Å². The van der Waals surface area contributed by atoms with Crippen LogP contribution in [0.3, 0.4) is 0 Å². The van der Waals surface area contributed by atoms with Gasteiger partial charge < -0.3 is 9.80 Å². The molecule has 2 amide bonds. The number of likely N-dealkylation sites (tertiary alicyclic amines) is 1. The van der Waals surface area contributed by atoms with Crippen LogP contribution >= 0.6 is 11.6 Å². The lowest BCUT2D eigenvalue weighted by molar-refractivity contribution is 0.00934. The van der Waals surface area contributed by atoms with Crippen molar-refractivity contribution in [3.05, 3.63) is 52.9 Å². The Labute approximate surface area is 162 Å². The van der Waals surface area contributed by atoms with Gasteiger partial charge in [0.2, 0.25) is 0 Å². The molecule has 7 heteroatoms. The largest absolute Gasteiger partial charge is 0.355 e. The summed E-state index contributed by atoms with van der Waals surface area (Å²) in [6, 6.07) is 9.10. The van der Waals surface area contributed by atoms with E-state index in [1.807, 2.05) is 28.0 Å². The van der Waals surface area contributed by atoms with Gasteiger partial charge in [-0.1, -0.05) is 11.6 Å². The van der Waals surface area contributed by atoms with Gasteiger partial charge in [0.15, 0.2) is 0 Å². The molecule has 27 heavy (non-hydrogen) atoms. The molecule has 5 rings (SSSR count). The maximum absolute atomic E-state index is 13.1. The molecule has 0 aliphatic carbocycles. The molecule has 1 aromatic carbocycles. The molecule has 4 heterocycles. The first-order valence-corrected chi connectivity index (χ1v) is 9.55. The van der Waals surface area contributed by atoms with Crippen LogP contribution in [0.2, 0.25) is 5.02 Å². The lowest BCUT2D eigenvalue weighted by atomic mass is 9.73. The van der Waals surface area contributed by atoms with Crippen molar-refractivity contribution in [3.8, 4) is 0 Å². The molecule has 1 unspecified atom stereocenters. The van der Waals surface area contributed by atoms with E-state index in [9.17, 15) is 9.18 Å². The molecule has 1 aromatic heterocycles. The third kappa shape index (κ3) is 2.65. The summed E-state index contributed by atoms with van der Waals surface area (Å²) >= 11 is 6.09. The Bertz CT molecular complexity index is 905. The van der Waals surface area contributed by atoms with Crippen molar-refractivity contribution in [1.29, 1.82) is 0 Å². The minimum absolute atomic E-state index is 0.0764. The Balaban J connectivity index is 1.23. The zero-order chi connectivity index (χ0) is 18.8. The molecule has 0 saturated carbocycles. The molecular formula is C20H20ClFN4O.